The lowest BCUT2D eigenvalue weighted by atomic mass is 10.3. The summed E-state index contributed by atoms with van der Waals surface area (Å²) in [6, 6.07) is 10.8. The second-order valence-corrected chi connectivity index (χ2v) is 6.22. The van der Waals surface area contributed by atoms with E-state index < -0.39 is 6.03 Å². The van der Waals surface area contributed by atoms with E-state index in [2.05, 4.69) is 30.8 Å². The van der Waals surface area contributed by atoms with Crippen LogP contribution in [-0.2, 0) is 0 Å². The van der Waals surface area contributed by atoms with E-state index in [0.717, 1.165) is 5.65 Å². The van der Waals surface area contributed by atoms with Crippen LogP contribution in [0.2, 0.25) is 0 Å². The lowest BCUT2D eigenvalue weighted by Crippen LogP contribution is -2.21. The molecule has 136 valence electrons. The molecule has 4 rings (SSSR count). The number of hydrogen-bond donors (Lipinski definition) is 2. The molecule has 0 aliphatic carbocycles. The van der Waals surface area contributed by atoms with E-state index in [1.807, 2.05) is 54.9 Å². The van der Waals surface area contributed by atoms with Gasteiger partial charge in [-0.3, -0.25) is 15.0 Å². The molecule has 2 amide bonds. The van der Waals surface area contributed by atoms with Crippen molar-refractivity contribution < 1.29 is 4.79 Å². The molecular formula is C18H18N8O. The normalized spacial score (nSPS) is 11.1. The molecule has 0 unspecified atom stereocenters. The van der Waals surface area contributed by atoms with Gasteiger partial charge in [-0.2, -0.15) is 0 Å². The Morgan fingerprint density at radius 3 is 2.85 bits per heavy atom. The van der Waals surface area contributed by atoms with Gasteiger partial charge in [0.05, 0.1) is 6.20 Å². The molecule has 0 radical (unpaired) electrons. The Morgan fingerprint density at radius 2 is 2.00 bits per heavy atom. The molecular weight excluding hydrogens is 344 g/mol. The number of rotatable bonds is 4. The molecule has 0 saturated carbocycles. The van der Waals surface area contributed by atoms with Crippen LogP contribution in [0.3, 0.4) is 0 Å². The number of amides is 2. The molecule has 9 heteroatoms. The molecule has 0 saturated heterocycles. The SMILES string of the molecule is CC(C)n1cnnc1-c1cccc(NC(=O)Nc2cnc3ccccn23)n1. The maximum atomic E-state index is 12.4. The number of fused-ring (bicyclic) bond motifs is 1. The molecule has 9 nitrogen and oxygen atoms in total. The average molecular weight is 362 g/mol. The van der Waals surface area contributed by atoms with Gasteiger partial charge in [-0.25, -0.2) is 14.8 Å². The second kappa shape index (κ2) is 6.87. The number of imidazole rings is 1. The number of aromatic nitrogens is 6. The number of anilines is 2. The Hall–Kier alpha value is -3.75. The van der Waals surface area contributed by atoms with Crippen molar-refractivity contribution in [3.63, 3.8) is 0 Å². The molecule has 0 aliphatic rings. The number of carbonyl (C=O) groups is 1. The Labute approximate surface area is 155 Å². The maximum absolute atomic E-state index is 12.4. The molecule has 0 fully saturated rings. The second-order valence-electron chi connectivity index (χ2n) is 6.22. The summed E-state index contributed by atoms with van der Waals surface area (Å²) in [6.45, 7) is 4.08. The number of carbonyl (C=O) groups excluding carboxylic acids is 1. The Kier molecular flexibility index (Phi) is 4.25. The molecule has 27 heavy (non-hydrogen) atoms. The molecule has 0 aromatic carbocycles. The predicted octanol–water partition coefficient (Wildman–Crippen LogP) is 3.21. The van der Waals surface area contributed by atoms with E-state index in [1.54, 1.807) is 23.0 Å². The fourth-order valence-corrected chi connectivity index (χ4v) is 2.72. The molecule has 2 N–H and O–H groups in total. The van der Waals surface area contributed by atoms with E-state index in [0.29, 0.717) is 23.2 Å². The van der Waals surface area contributed by atoms with Gasteiger partial charge >= 0.3 is 6.03 Å². The molecule has 0 aliphatic heterocycles. The van der Waals surface area contributed by atoms with Crippen LogP contribution in [-0.4, -0.2) is 35.2 Å². The number of hydrogen-bond acceptors (Lipinski definition) is 5. The van der Waals surface area contributed by atoms with Crippen molar-refractivity contribution in [1.82, 2.24) is 29.1 Å². The summed E-state index contributed by atoms with van der Waals surface area (Å²) in [7, 11) is 0. The Morgan fingerprint density at radius 1 is 1.11 bits per heavy atom. The third-order valence-corrected chi connectivity index (χ3v) is 4.01. The molecule has 0 spiro atoms. The first kappa shape index (κ1) is 16.7. The van der Waals surface area contributed by atoms with Crippen molar-refractivity contribution in [3.8, 4) is 11.5 Å². The van der Waals surface area contributed by atoms with Gasteiger partial charge in [0.1, 0.15) is 29.3 Å². The van der Waals surface area contributed by atoms with Crippen molar-refractivity contribution in [3.05, 3.63) is 55.1 Å². The van der Waals surface area contributed by atoms with E-state index in [9.17, 15) is 4.79 Å². The molecule has 4 heterocycles. The van der Waals surface area contributed by atoms with Crippen molar-refractivity contribution >= 4 is 23.3 Å². The highest BCUT2D eigenvalue weighted by Crippen LogP contribution is 2.20. The lowest BCUT2D eigenvalue weighted by Gasteiger charge is -2.11. The van der Waals surface area contributed by atoms with Gasteiger partial charge in [0.2, 0.25) is 0 Å². The standard InChI is InChI=1S/C18H18N8O/c1-12(2)26-11-20-24-17(26)13-6-5-7-14(21-13)22-18(27)23-16-10-19-15-8-3-4-9-25(15)16/h3-12H,1-2H3,(H2,21,22,23,27). The smallest absolute Gasteiger partial charge is 0.310 e. The first-order valence-electron chi connectivity index (χ1n) is 8.49. The van der Waals surface area contributed by atoms with Crippen LogP contribution in [0.5, 0.6) is 0 Å². The van der Waals surface area contributed by atoms with Crippen LogP contribution in [0.25, 0.3) is 17.2 Å². The van der Waals surface area contributed by atoms with Crippen LogP contribution >= 0.6 is 0 Å². The molecule has 0 atom stereocenters. The molecule has 4 aromatic rings. The van der Waals surface area contributed by atoms with Gasteiger partial charge in [-0.15, -0.1) is 10.2 Å². The van der Waals surface area contributed by atoms with E-state index in [1.165, 1.54) is 0 Å². The summed E-state index contributed by atoms with van der Waals surface area (Å²) in [5.41, 5.74) is 1.38. The summed E-state index contributed by atoms with van der Waals surface area (Å²) >= 11 is 0. The quantitative estimate of drug-likeness (QED) is 0.580. The van der Waals surface area contributed by atoms with Gasteiger partial charge in [0.15, 0.2) is 5.82 Å². The van der Waals surface area contributed by atoms with Crippen LogP contribution in [0, 0.1) is 0 Å². The monoisotopic (exact) mass is 362 g/mol. The largest absolute Gasteiger partial charge is 0.326 e. The summed E-state index contributed by atoms with van der Waals surface area (Å²) in [6.07, 6.45) is 5.10. The fourth-order valence-electron chi connectivity index (χ4n) is 2.72. The van der Waals surface area contributed by atoms with Gasteiger partial charge < -0.3 is 4.57 Å². The summed E-state index contributed by atoms with van der Waals surface area (Å²) in [5.74, 6) is 1.63. The van der Waals surface area contributed by atoms with E-state index >= 15 is 0 Å². The third kappa shape index (κ3) is 3.34. The van der Waals surface area contributed by atoms with Gasteiger partial charge in [0, 0.05) is 12.2 Å². The number of nitrogens with one attached hydrogen (secondary N) is 2. The van der Waals surface area contributed by atoms with Crippen molar-refractivity contribution in [1.29, 1.82) is 0 Å². The first-order chi connectivity index (χ1) is 13.1. The van der Waals surface area contributed by atoms with Crippen molar-refractivity contribution in [2.75, 3.05) is 10.6 Å². The Balaban J connectivity index is 1.53. The molecule has 4 aromatic heterocycles. The van der Waals surface area contributed by atoms with E-state index in [-0.39, 0.29) is 6.04 Å². The average Bonchev–Trinajstić information content (AvgIpc) is 3.30. The summed E-state index contributed by atoms with van der Waals surface area (Å²) in [5, 5.41) is 13.6. The first-order valence-corrected chi connectivity index (χ1v) is 8.49. The number of pyridine rings is 2. The van der Waals surface area contributed by atoms with Crippen LogP contribution in [0.1, 0.15) is 19.9 Å². The molecule has 0 bridgehead atoms. The lowest BCUT2D eigenvalue weighted by molar-refractivity contribution is 0.262. The van der Waals surface area contributed by atoms with Crippen molar-refractivity contribution in [2.45, 2.75) is 19.9 Å². The maximum Gasteiger partial charge on any atom is 0.326 e. The van der Waals surface area contributed by atoms with Gasteiger partial charge in [0.25, 0.3) is 0 Å². The fraction of sp³-hybridized carbons (Fsp3) is 0.167. The van der Waals surface area contributed by atoms with Crippen molar-refractivity contribution in [2.24, 2.45) is 0 Å². The zero-order valence-electron chi connectivity index (χ0n) is 14.9. The zero-order chi connectivity index (χ0) is 18.8. The topological polar surface area (TPSA) is 102 Å². The Bertz CT molecular complexity index is 1100. The third-order valence-electron chi connectivity index (χ3n) is 4.01. The highest BCUT2D eigenvalue weighted by atomic mass is 16.2. The van der Waals surface area contributed by atoms with E-state index in [4.69, 9.17) is 0 Å². The minimum absolute atomic E-state index is 0.201. The zero-order valence-corrected chi connectivity index (χ0v) is 14.9. The number of urea groups is 1. The predicted molar refractivity (Wildman–Crippen MR) is 101 cm³/mol. The summed E-state index contributed by atoms with van der Waals surface area (Å²) < 4.78 is 3.71. The van der Waals surface area contributed by atoms with Gasteiger partial charge in [-0.1, -0.05) is 12.1 Å². The highest BCUT2D eigenvalue weighted by Gasteiger charge is 2.13. The minimum Gasteiger partial charge on any atom is -0.310 e. The van der Waals surface area contributed by atoms with Crippen LogP contribution in [0.4, 0.5) is 16.4 Å². The highest BCUT2D eigenvalue weighted by molar-refractivity contribution is 5.98. The number of nitrogens with zero attached hydrogens (tertiary/aromatic N) is 6. The van der Waals surface area contributed by atoms with Crippen LogP contribution in [0.15, 0.2) is 55.1 Å². The van der Waals surface area contributed by atoms with Crippen LogP contribution < -0.4 is 10.6 Å². The minimum atomic E-state index is -0.407. The summed E-state index contributed by atoms with van der Waals surface area (Å²) in [4.78, 5) is 21.1. The van der Waals surface area contributed by atoms with Gasteiger partial charge in [-0.05, 0) is 38.1 Å².